The van der Waals surface area contributed by atoms with Crippen molar-refractivity contribution in [1.82, 2.24) is 4.98 Å². The minimum absolute atomic E-state index is 0.126. The molecule has 18 heavy (non-hydrogen) atoms. The third kappa shape index (κ3) is 1.76. The maximum absolute atomic E-state index is 11.9. The number of benzene rings is 1. The van der Waals surface area contributed by atoms with Gasteiger partial charge >= 0.3 is 0 Å². The van der Waals surface area contributed by atoms with E-state index in [2.05, 4.69) is 4.98 Å². The summed E-state index contributed by atoms with van der Waals surface area (Å²) >= 11 is 0. The zero-order valence-electron chi connectivity index (χ0n) is 10.2. The molecular weight excluding hydrogens is 230 g/mol. The van der Waals surface area contributed by atoms with Crippen LogP contribution in [0.2, 0.25) is 0 Å². The van der Waals surface area contributed by atoms with Crippen molar-refractivity contribution in [3.63, 3.8) is 0 Å². The van der Waals surface area contributed by atoms with Crippen LogP contribution in [0.25, 0.3) is 11.1 Å². The number of aryl methyl sites for hydroxylation is 1. The van der Waals surface area contributed by atoms with E-state index in [1.165, 1.54) is 0 Å². The summed E-state index contributed by atoms with van der Waals surface area (Å²) in [5.74, 6) is 1.01. The summed E-state index contributed by atoms with van der Waals surface area (Å²) in [7, 11) is 0. The van der Waals surface area contributed by atoms with Gasteiger partial charge in [0.2, 0.25) is 5.91 Å². The lowest BCUT2D eigenvalue weighted by atomic mass is 10.1. The molecule has 1 aliphatic heterocycles. The molecule has 1 amide bonds. The molecule has 2 N–H and O–H groups in total. The lowest BCUT2D eigenvalue weighted by molar-refractivity contribution is -0.117. The first-order valence-corrected chi connectivity index (χ1v) is 6.05. The van der Waals surface area contributed by atoms with E-state index in [0.29, 0.717) is 31.0 Å². The first-order chi connectivity index (χ1) is 8.67. The van der Waals surface area contributed by atoms with Crippen molar-refractivity contribution in [3.05, 3.63) is 24.1 Å². The molecule has 0 radical (unpaired) electrons. The van der Waals surface area contributed by atoms with Crippen LogP contribution in [-0.4, -0.2) is 24.0 Å². The Bertz CT molecular complexity index is 605. The summed E-state index contributed by atoms with van der Waals surface area (Å²) < 4.78 is 5.48. The molecule has 1 aromatic carbocycles. The zero-order chi connectivity index (χ0) is 12.7. The quantitative estimate of drug-likeness (QED) is 0.869. The zero-order valence-corrected chi connectivity index (χ0v) is 10.2. The number of oxazole rings is 1. The largest absolute Gasteiger partial charge is 0.441 e. The lowest BCUT2D eigenvalue weighted by Crippen LogP contribution is -2.25. The van der Waals surface area contributed by atoms with E-state index in [4.69, 9.17) is 10.2 Å². The summed E-state index contributed by atoms with van der Waals surface area (Å²) in [5.41, 5.74) is 8.02. The van der Waals surface area contributed by atoms with Gasteiger partial charge in [-0.2, -0.15) is 0 Å². The number of rotatable bonds is 2. The number of hydrogen-bond donors (Lipinski definition) is 1. The summed E-state index contributed by atoms with van der Waals surface area (Å²) in [6.45, 7) is 3.05. The predicted molar refractivity (Wildman–Crippen MR) is 68.3 cm³/mol. The van der Waals surface area contributed by atoms with Gasteiger partial charge in [-0.1, -0.05) is 0 Å². The van der Waals surface area contributed by atoms with E-state index in [1.807, 2.05) is 25.1 Å². The SMILES string of the molecule is Cc1nc2ccc(N3CC(CN)CC3=O)cc2o1. The van der Waals surface area contributed by atoms with Crippen LogP contribution in [0.3, 0.4) is 0 Å². The number of aromatic nitrogens is 1. The van der Waals surface area contributed by atoms with E-state index in [-0.39, 0.29) is 11.8 Å². The number of nitrogens with two attached hydrogens (primary N) is 1. The lowest BCUT2D eigenvalue weighted by Gasteiger charge is -2.16. The molecule has 5 nitrogen and oxygen atoms in total. The number of amides is 1. The van der Waals surface area contributed by atoms with E-state index in [1.54, 1.807) is 4.90 Å². The average molecular weight is 245 g/mol. The molecule has 0 saturated carbocycles. The second kappa shape index (κ2) is 4.10. The van der Waals surface area contributed by atoms with Crippen LogP contribution >= 0.6 is 0 Å². The van der Waals surface area contributed by atoms with Gasteiger partial charge in [-0.25, -0.2) is 4.98 Å². The van der Waals surface area contributed by atoms with Crippen LogP contribution < -0.4 is 10.6 Å². The van der Waals surface area contributed by atoms with E-state index < -0.39 is 0 Å². The van der Waals surface area contributed by atoms with Gasteiger partial charge in [0, 0.05) is 31.6 Å². The van der Waals surface area contributed by atoms with E-state index in [9.17, 15) is 4.79 Å². The van der Waals surface area contributed by atoms with Crippen molar-refractivity contribution in [1.29, 1.82) is 0 Å². The standard InChI is InChI=1S/C13H15N3O2/c1-8-15-11-3-2-10(5-12(11)18-8)16-7-9(6-14)4-13(16)17/h2-3,5,9H,4,6-7,14H2,1H3. The molecule has 1 atom stereocenters. The van der Waals surface area contributed by atoms with Crippen LogP contribution in [0.4, 0.5) is 5.69 Å². The minimum atomic E-state index is 0.126. The summed E-state index contributed by atoms with van der Waals surface area (Å²) in [5, 5.41) is 0. The first kappa shape index (κ1) is 11.2. The Balaban J connectivity index is 1.96. The molecule has 1 saturated heterocycles. The number of nitrogens with zero attached hydrogens (tertiary/aromatic N) is 2. The van der Waals surface area contributed by atoms with Crippen LogP contribution in [0.1, 0.15) is 12.3 Å². The van der Waals surface area contributed by atoms with Gasteiger partial charge in [-0.05, 0) is 24.6 Å². The number of carbonyl (C=O) groups is 1. The third-order valence-corrected chi connectivity index (χ3v) is 3.33. The number of anilines is 1. The van der Waals surface area contributed by atoms with Crippen LogP contribution in [0.5, 0.6) is 0 Å². The van der Waals surface area contributed by atoms with Gasteiger partial charge in [0.25, 0.3) is 0 Å². The smallest absolute Gasteiger partial charge is 0.227 e. The number of hydrogen-bond acceptors (Lipinski definition) is 4. The Hall–Kier alpha value is -1.88. The van der Waals surface area contributed by atoms with Gasteiger partial charge in [0.05, 0.1) is 0 Å². The first-order valence-electron chi connectivity index (χ1n) is 6.05. The Morgan fingerprint density at radius 1 is 1.56 bits per heavy atom. The van der Waals surface area contributed by atoms with Crippen LogP contribution in [0.15, 0.2) is 22.6 Å². The Morgan fingerprint density at radius 2 is 2.39 bits per heavy atom. The van der Waals surface area contributed by atoms with E-state index >= 15 is 0 Å². The Kier molecular flexibility index (Phi) is 2.56. The monoisotopic (exact) mass is 245 g/mol. The van der Waals surface area contributed by atoms with Crippen molar-refractivity contribution in [2.45, 2.75) is 13.3 Å². The molecule has 5 heteroatoms. The second-order valence-electron chi connectivity index (χ2n) is 4.70. The molecular formula is C13H15N3O2. The molecule has 0 bridgehead atoms. The fraction of sp³-hybridized carbons (Fsp3) is 0.385. The number of fused-ring (bicyclic) bond motifs is 1. The van der Waals surface area contributed by atoms with Crippen LogP contribution in [0, 0.1) is 12.8 Å². The Morgan fingerprint density at radius 3 is 3.11 bits per heavy atom. The normalized spacial score (nSPS) is 20.0. The van der Waals surface area contributed by atoms with Gasteiger partial charge in [0.1, 0.15) is 5.52 Å². The molecule has 94 valence electrons. The highest BCUT2D eigenvalue weighted by Gasteiger charge is 2.29. The second-order valence-corrected chi connectivity index (χ2v) is 4.70. The highest BCUT2D eigenvalue weighted by atomic mass is 16.3. The van der Waals surface area contributed by atoms with Gasteiger partial charge in [-0.3, -0.25) is 4.79 Å². The maximum atomic E-state index is 11.9. The summed E-state index contributed by atoms with van der Waals surface area (Å²) in [6.07, 6.45) is 0.532. The molecule has 1 aromatic heterocycles. The number of carbonyl (C=O) groups excluding carboxylic acids is 1. The molecule has 1 aliphatic rings. The highest BCUT2D eigenvalue weighted by molar-refractivity contribution is 5.97. The molecule has 0 spiro atoms. The summed E-state index contributed by atoms with van der Waals surface area (Å²) in [4.78, 5) is 17.9. The molecule has 2 heterocycles. The summed E-state index contributed by atoms with van der Waals surface area (Å²) in [6, 6.07) is 5.65. The Labute approximate surface area is 105 Å². The minimum Gasteiger partial charge on any atom is -0.441 e. The maximum Gasteiger partial charge on any atom is 0.227 e. The molecule has 1 fully saturated rings. The molecule has 0 aliphatic carbocycles. The van der Waals surface area contributed by atoms with Crippen LogP contribution in [-0.2, 0) is 4.79 Å². The molecule has 2 aromatic rings. The molecule has 3 rings (SSSR count). The predicted octanol–water partition coefficient (Wildman–Crippen LogP) is 1.45. The van der Waals surface area contributed by atoms with Gasteiger partial charge < -0.3 is 15.1 Å². The topological polar surface area (TPSA) is 72.4 Å². The van der Waals surface area contributed by atoms with Gasteiger partial charge in [0.15, 0.2) is 11.5 Å². The van der Waals surface area contributed by atoms with E-state index in [0.717, 1.165) is 11.2 Å². The highest BCUT2D eigenvalue weighted by Crippen LogP contribution is 2.27. The van der Waals surface area contributed by atoms with Crippen molar-refractivity contribution < 1.29 is 9.21 Å². The van der Waals surface area contributed by atoms with Crippen molar-refractivity contribution in [2.75, 3.05) is 18.0 Å². The molecule has 1 unspecified atom stereocenters. The van der Waals surface area contributed by atoms with Gasteiger partial charge in [-0.15, -0.1) is 0 Å². The van der Waals surface area contributed by atoms with Crippen molar-refractivity contribution in [3.8, 4) is 0 Å². The van der Waals surface area contributed by atoms with Crippen molar-refractivity contribution in [2.24, 2.45) is 11.7 Å². The fourth-order valence-corrected chi connectivity index (χ4v) is 2.39. The van der Waals surface area contributed by atoms with Crippen molar-refractivity contribution >= 4 is 22.7 Å². The fourth-order valence-electron chi connectivity index (χ4n) is 2.39. The third-order valence-electron chi connectivity index (χ3n) is 3.33. The average Bonchev–Trinajstić information content (AvgIpc) is 2.89.